The summed E-state index contributed by atoms with van der Waals surface area (Å²) in [5, 5.41) is 5.85. The number of aryl methyl sites for hydroxylation is 1. The van der Waals surface area contributed by atoms with Crippen LogP contribution in [0.4, 0.5) is 4.79 Å². The summed E-state index contributed by atoms with van der Waals surface area (Å²) in [5.74, 6) is 0. The van der Waals surface area contributed by atoms with Gasteiger partial charge in [0.05, 0.1) is 11.1 Å². The molecule has 1 unspecified atom stereocenters. The van der Waals surface area contributed by atoms with Crippen LogP contribution >= 0.6 is 0 Å². The largest absolute Gasteiger partial charge is 0.441 e. The van der Waals surface area contributed by atoms with Gasteiger partial charge in [-0.3, -0.25) is 4.79 Å². The fraction of sp³-hybridized carbons (Fsp3) is 0.286. The van der Waals surface area contributed by atoms with Crippen LogP contribution in [0.25, 0.3) is 22.0 Å². The molecule has 1 amide bonds. The zero-order valence-corrected chi connectivity index (χ0v) is 15.9. The fourth-order valence-corrected chi connectivity index (χ4v) is 3.22. The van der Waals surface area contributed by atoms with E-state index in [0.29, 0.717) is 11.1 Å². The van der Waals surface area contributed by atoms with Gasteiger partial charge in [-0.1, -0.05) is 57.2 Å². The summed E-state index contributed by atoms with van der Waals surface area (Å²) >= 11 is 0. The highest BCUT2D eigenvalue weighted by Gasteiger charge is 2.30. The minimum atomic E-state index is -0.814. The van der Waals surface area contributed by atoms with E-state index in [9.17, 15) is 9.59 Å². The van der Waals surface area contributed by atoms with Gasteiger partial charge in [-0.25, -0.2) is 9.48 Å². The third-order valence-electron chi connectivity index (χ3n) is 4.44. The summed E-state index contributed by atoms with van der Waals surface area (Å²) in [4.78, 5) is 23.8. The van der Waals surface area contributed by atoms with E-state index in [1.165, 1.54) is 4.68 Å². The topological polar surface area (TPSA) is 87.2 Å². The number of ether oxygens (including phenoxy) is 1. The molecule has 2 aromatic carbocycles. The lowest BCUT2D eigenvalue weighted by Gasteiger charge is -2.30. The minimum Gasteiger partial charge on any atom is -0.441 e. The zero-order chi connectivity index (χ0) is 19.8. The third-order valence-corrected chi connectivity index (χ3v) is 4.44. The molecule has 3 aromatic rings. The summed E-state index contributed by atoms with van der Waals surface area (Å²) in [6.07, 6.45) is -1.32. The third kappa shape index (κ3) is 3.69. The van der Waals surface area contributed by atoms with Crippen LogP contribution in [0.15, 0.2) is 53.3 Å². The Morgan fingerprint density at radius 3 is 2.41 bits per heavy atom. The van der Waals surface area contributed by atoms with Crippen molar-refractivity contribution in [3.8, 4) is 11.3 Å². The van der Waals surface area contributed by atoms with Gasteiger partial charge in [-0.05, 0) is 17.7 Å². The van der Waals surface area contributed by atoms with E-state index in [1.54, 1.807) is 13.1 Å². The normalized spacial score (nSPS) is 12.7. The van der Waals surface area contributed by atoms with Crippen LogP contribution in [0.5, 0.6) is 0 Å². The fourth-order valence-electron chi connectivity index (χ4n) is 3.22. The molecule has 0 radical (unpaired) electrons. The second-order valence-corrected chi connectivity index (χ2v) is 7.63. The van der Waals surface area contributed by atoms with Crippen LogP contribution in [0.2, 0.25) is 0 Å². The molecule has 0 saturated heterocycles. The van der Waals surface area contributed by atoms with Crippen molar-refractivity contribution in [1.82, 2.24) is 9.78 Å². The van der Waals surface area contributed by atoms with Crippen molar-refractivity contribution in [2.24, 2.45) is 18.2 Å². The number of hydrogen-bond acceptors (Lipinski definition) is 4. The Kier molecular flexibility index (Phi) is 4.74. The smallest absolute Gasteiger partial charge is 0.405 e. The number of nitrogens with two attached hydrogens (primary N) is 1. The summed E-state index contributed by atoms with van der Waals surface area (Å²) < 4.78 is 6.72. The molecule has 1 heterocycles. The number of hydrogen-bond donors (Lipinski definition) is 1. The standard InChI is InChI=1S/C21H23N3O3/c1-21(2,3)18(27-20(22)26)14-9-7-8-13(12-14)17-15-10-5-6-11-16(15)19(25)24(4)23-17/h5-12,18H,1-4H3,(H2,22,26). The van der Waals surface area contributed by atoms with Crippen molar-refractivity contribution < 1.29 is 9.53 Å². The summed E-state index contributed by atoms with van der Waals surface area (Å²) in [5.41, 5.74) is 7.14. The van der Waals surface area contributed by atoms with Crippen LogP contribution in [-0.4, -0.2) is 15.9 Å². The van der Waals surface area contributed by atoms with Crippen LogP contribution in [0.1, 0.15) is 32.4 Å². The van der Waals surface area contributed by atoms with Crippen molar-refractivity contribution in [2.75, 3.05) is 0 Å². The Hall–Kier alpha value is -3.15. The maximum Gasteiger partial charge on any atom is 0.405 e. The summed E-state index contributed by atoms with van der Waals surface area (Å²) in [6, 6.07) is 15.0. The molecule has 27 heavy (non-hydrogen) atoms. The molecule has 2 N–H and O–H groups in total. The number of nitrogens with zero attached hydrogens (tertiary/aromatic N) is 2. The molecular formula is C21H23N3O3. The van der Waals surface area contributed by atoms with Crippen molar-refractivity contribution in [2.45, 2.75) is 26.9 Å². The Morgan fingerprint density at radius 2 is 1.78 bits per heavy atom. The monoisotopic (exact) mass is 365 g/mol. The molecule has 1 aromatic heterocycles. The highest BCUT2D eigenvalue weighted by molar-refractivity contribution is 5.93. The molecule has 0 bridgehead atoms. The number of aromatic nitrogens is 2. The number of amides is 1. The van der Waals surface area contributed by atoms with Gasteiger partial charge in [0.1, 0.15) is 6.10 Å². The predicted molar refractivity (Wildman–Crippen MR) is 105 cm³/mol. The molecule has 6 nitrogen and oxygen atoms in total. The van der Waals surface area contributed by atoms with Gasteiger partial charge in [0.25, 0.3) is 5.56 Å². The molecule has 0 aliphatic rings. The van der Waals surface area contributed by atoms with Gasteiger partial charge in [0.15, 0.2) is 0 Å². The highest BCUT2D eigenvalue weighted by Crippen LogP contribution is 2.37. The van der Waals surface area contributed by atoms with Gasteiger partial charge in [0.2, 0.25) is 0 Å². The Labute approximate surface area is 157 Å². The van der Waals surface area contributed by atoms with E-state index in [1.807, 2.05) is 63.2 Å². The van der Waals surface area contributed by atoms with Crippen LogP contribution in [0, 0.1) is 5.41 Å². The first-order valence-electron chi connectivity index (χ1n) is 8.71. The van der Waals surface area contributed by atoms with Gasteiger partial charge in [-0.2, -0.15) is 5.10 Å². The van der Waals surface area contributed by atoms with Gasteiger partial charge in [-0.15, -0.1) is 0 Å². The number of primary amides is 1. The van der Waals surface area contributed by atoms with Gasteiger partial charge < -0.3 is 10.5 Å². The van der Waals surface area contributed by atoms with Crippen molar-refractivity contribution in [3.63, 3.8) is 0 Å². The lowest BCUT2D eigenvalue weighted by molar-refractivity contribution is 0.0360. The van der Waals surface area contributed by atoms with E-state index in [4.69, 9.17) is 10.5 Å². The maximum absolute atomic E-state index is 12.4. The van der Waals surface area contributed by atoms with Crippen molar-refractivity contribution in [3.05, 3.63) is 64.4 Å². The van der Waals surface area contributed by atoms with Crippen LogP contribution in [-0.2, 0) is 11.8 Å². The molecular weight excluding hydrogens is 342 g/mol. The first-order valence-corrected chi connectivity index (χ1v) is 8.71. The predicted octanol–water partition coefficient (Wildman–Crippen LogP) is 3.78. The summed E-state index contributed by atoms with van der Waals surface area (Å²) in [7, 11) is 1.64. The number of carbonyl (C=O) groups is 1. The van der Waals surface area contributed by atoms with Crippen molar-refractivity contribution in [1.29, 1.82) is 0 Å². The lowest BCUT2D eigenvalue weighted by Crippen LogP contribution is -2.27. The SMILES string of the molecule is Cn1nc(-c2cccc(C(OC(N)=O)C(C)(C)C)c2)c2ccccc2c1=O. The molecule has 140 valence electrons. The van der Waals surface area contributed by atoms with Gasteiger partial charge in [0, 0.05) is 23.4 Å². The molecule has 0 fully saturated rings. The number of fused-ring (bicyclic) bond motifs is 1. The Balaban J connectivity index is 2.20. The number of carbonyl (C=O) groups excluding carboxylic acids is 1. The maximum atomic E-state index is 12.4. The van der Waals surface area contributed by atoms with E-state index >= 15 is 0 Å². The average Bonchev–Trinajstić information content (AvgIpc) is 2.62. The molecule has 0 aliphatic heterocycles. The molecule has 6 heteroatoms. The highest BCUT2D eigenvalue weighted by atomic mass is 16.6. The molecule has 0 spiro atoms. The zero-order valence-electron chi connectivity index (χ0n) is 15.9. The quantitative estimate of drug-likeness (QED) is 0.765. The molecule has 0 aliphatic carbocycles. The minimum absolute atomic E-state index is 0.143. The molecule has 3 rings (SSSR count). The first kappa shape index (κ1) is 18.6. The number of benzene rings is 2. The second kappa shape index (κ2) is 6.87. The average molecular weight is 365 g/mol. The van der Waals surface area contributed by atoms with Crippen molar-refractivity contribution >= 4 is 16.9 Å². The Bertz CT molecular complexity index is 1060. The van der Waals surface area contributed by atoms with E-state index in [-0.39, 0.29) is 11.0 Å². The first-order chi connectivity index (χ1) is 12.7. The lowest BCUT2D eigenvalue weighted by atomic mass is 9.84. The molecule has 1 atom stereocenters. The van der Waals surface area contributed by atoms with E-state index in [0.717, 1.165) is 16.5 Å². The Morgan fingerprint density at radius 1 is 1.11 bits per heavy atom. The summed E-state index contributed by atoms with van der Waals surface area (Å²) in [6.45, 7) is 5.94. The number of rotatable bonds is 3. The van der Waals surface area contributed by atoms with E-state index < -0.39 is 12.2 Å². The second-order valence-electron chi connectivity index (χ2n) is 7.63. The van der Waals surface area contributed by atoms with Crippen LogP contribution < -0.4 is 11.3 Å². The van der Waals surface area contributed by atoms with E-state index in [2.05, 4.69) is 5.10 Å². The van der Waals surface area contributed by atoms with Gasteiger partial charge >= 0.3 is 6.09 Å². The molecule has 0 saturated carbocycles. The van der Waals surface area contributed by atoms with Crippen LogP contribution in [0.3, 0.4) is 0 Å².